The normalized spacial score (nSPS) is 10.9. The first-order valence-corrected chi connectivity index (χ1v) is 10.7. The molecule has 200 valence electrons. The fraction of sp³-hybridized carbons (Fsp3) is 0.0370. The first-order valence-electron chi connectivity index (χ1n) is 10.7. The molecule has 0 aliphatic rings. The molecule has 0 aliphatic carbocycles. The Morgan fingerprint density at radius 2 is 0.821 bits per heavy atom. The molecule has 0 atom stereocenters. The number of hydrogen-bond acceptors (Lipinski definition) is 4. The van der Waals surface area contributed by atoms with Crippen molar-refractivity contribution in [2.75, 3.05) is 0 Å². The summed E-state index contributed by atoms with van der Waals surface area (Å²) in [4.78, 5) is 24.4. The number of esters is 2. The van der Waals surface area contributed by atoms with E-state index < -0.39 is 81.1 Å². The summed E-state index contributed by atoms with van der Waals surface area (Å²) in [5.74, 6) is -16.2. The van der Waals surface area contributed by atoms with E-state index in [4.69, 9.17) is 0 Å². The Morgan fingerprint density at radius 3 is 1.13 bits per heavy atom. The van der Waals surface area contributed by atoms with Crippen molar-refractivity contribution >= 4 is 11.9 Å². The predicted octanol–water partition coefficient (Wildman–Crippen LogP) is 6.83. The maximum absolute atomic E-state index is 14.5. The first kappa shape index (κ1) is 27.3. The Kier molecular flexibility index (Phi) is 7.65. The molecular weight excluding hydrogens is 540 g/mol. The summed E-state index contributed by atoms with van der Waals surface area (Å²) in [5.41, 5.74) is -0.728. The van der Waals surface area contributed by atoms with Crippen molar-refractivity contribution in [2.45, 2.75) is 6.42 Å². The highest BCUT2D eigenvalue weighted by molar-refractivity contribution is 5.92. The third-order valence-corrected chi connectivity index (χ3v) is 5.25. The zero-order chi connectivity index (χ0) is 28.4. The van der Waals surface area contributed by atoms with Gasteiger partial charge in [0.2, 0.25) is 0 Å². The maximum Gasteiger partial charge on any atom is 0.346 e. The van der Waals surface area contributed by atoms with Crippen molar-refractivity contribution in [1.82, 2.24) is 0 Å². The molecule has 0 radical (unpaired) electrons. The Balaban J connectivity index is 1.45. The minimum Gasteiger partial charge on any atom is -0.423 e. The van der Waals surface area contributed by atoms with Gasteiger partial charge in [-0.25, -0.2) is 44.7 Å². The largest absolute Gasteiger partial charge is 0.423 e. The van der Waals surface area contributed by atoms with Gasteiger partial charge in [0.15, 0.2) is 34.9 Å². The van der Waals surface area contributed by atoms with Gasteiger partial charge in [0, 0.05) is 24.3 Å². The molecule has 0 fully saturated rings. The molecule has 0 N–H and O–H groups in total. The molecule has 0 bridgehead atoms. The van der Waals surface area contributed by atoms with Crippen LogP contribution in [0.3, 0.4) is 0 Å². The highest BCUT2D eigenvalue weighted by atomic mass is 19.2. The molecule has 0 unspecified atom stereocenters. The number of rotatable bonds is 6. The van der Waals surface area contributed by atoms with Crippen LogP contribution < -0.4 is 9.47 Å². The van der Waals surface area contributed by atoms with Crippen LogP contribution in [0.4, 0.5) is 35.1 Å². The number of ether oxygens (including phenoxy) is 2. The quantitative estimate of drug-likeness (QED) is 0.114. The van der Waals surface area contributed by atoms with E-state index in [1.54, 1.807) is 0 Å². The topological polar surface area (TPSA) is 52.6 Å². The molecule has 0 saturated carbocycles. The molecule has 0 amide bonds. The van der Waals surface area contributed by atoms with Crippen LogP contribution in [0.25, 0.3) is 0 Å². The van der Waals surface area contributed by atoms with E-state index in [-0.39, 0.29) is 17.5 Å². The van der Waals surface area contributed by atoms with E-state index in [0.717, 1.165) is 24.3 Å². The van der Waals surface area contributed by atoms with Gasteiger partial charge in [-0.3, -0.25) is 0 Å². The first-order chi connectivity index (χ1) is 18.4. The van der Waals surface area contributed by atoms with E-state index in [2.05, 4.69) is 9.47 Å². The van der Waals surface area contributed by atoms with Crippen LogP contribution in [-0.4, -0.2) is 11.9 Å². The summed E-state index contributed by atoms with van der Waals surface area (Å²) in [6, 6.07) is 8.05. The summed E-state index contributed by atoms with van der Waals surface area (Å²) in [5, 5.41) is 0. The van der Waals surface area contributed by atoms with Crippen LogP contribution in [0.5, 0.6) is 11.5 Å². The second-order valence-corrected chi connectivity index (χ2v) is 7.99. The lowest BCUT2D eigenvalue weighted by atomic mass is 10.0. The summed E-state index contributed by atoms with van der Waals surface area (Å²) in [7, 11) is 0. The van der Waals surface area contributed by atoms with Gasteiger partial charge in [0.1, 0.15) is 23.1 Å². The summed E-state index contributed by atoms with van der Waals surface area (Å²) >= 11 is 0. The molecular formula is C27H12F8O4. The van der Waals surface area contributed by atoms with Gasteiger partial charge < -0.3 is 9.47 Å². The van der Waals surface area contributed by atoms with Gasteiger partial charge in [-0.15, -0.1) is 0 Å². The number of carbonyl (C=O) groups excluding carboxylic acids is 2. The highest BCUT2D eigenvalue weighted by Crippen LogP contribution is 2.24. The van der Waals surface area contributed by atoms with E-state index in [1.165, 1.54) is 12.1 Å². The van der Waals surface area contributed by atoms with E-state index in [0.29, 0.717) is 24.3 Å². The molecule has 4 aromatic carbocycles. The number of halogens is 8. The third kappa shape index (κ3) is 6.06. The average molecular weight is 552 g/mol. The number of benzene rings is 4. The molecule has 0 saturated heterocycles. The Hall–Kier alpha value is -4.74. The van der Waals surface area contributed by atoms with Gasteiger partial charge >= 0.3 is 11.9 Å². The Morgan fingerprint density at radius 1 is 0.487 bits per heavy atom. The lowest BCUT2D eigenvalue weighted by Gasteiger charge is -2.09. The molecule has 0 heterocycles. The summed E-state index contributed by atoms with van der Waals surface area (Å²) < 4.78 is 118. The molecule has 0 spiro atoms. The lowest BCUT2D eigenvalue weighted by Crippen LogP contribution is -2.12. The number of hydrogen-bond donors (Lipinski definition) is 0. The maximum atomic E-state index is 14.5. The molecule has 4 aromatic rings. The second kappa shape index (κ2) is 10.9. The van der Waals surface area contributed by atoms with Gasteiger partial charge in [-0.05, 0) is 41.8 Å². The summed E-state index contributed by atoms with van der Waals surface area (Å²) in [6.45, 7) is 0. The SMILES string of the molecule is O=C(Oc1cc(F)c(F)c(F)c1)c1ccc(Cc2ccc(C(=O)Oc3cc(F)c(F)c(F)c3)c(F)c2)cc1F. The van der Waals surface area contributed by atoms with E-state index in [1.807, 2.05) is 0 Å². The number of carbonyl (C=O) groups is 2. The Bertz CT molecular complexity index is 1450. The van der Waals surface area contributed by atoms with Crippen molar-refractivity contribution in [2.24, 2.45) is 0 Å². The van der Waals surface area contributed by atoms with Crippen LogP contribution in [0, 0.1) is 46.5 Å². The van der Waals surface area contributed by atoms with Gasteiger partial charge in [-0.2, -0.15) is 0 Å². The highest BCUT2D eigenvalue weighted by Gasteiger charge is 2.20. The van der Waals surface area contributed by atoms with Crippen LogP contribution in [0.2, 0.25) is 0 Å². The standard InChI is InChI=1S/C27H12F8O4/c28-18-6-12(1-3-16(18)26(36)38-14-8-20(30)24(34)21(31)9-14)5-13-2-4-17(19(29)7-13)27(37)39-15-10-22(32)25(35)23(33)11-15/h1-4,6-11H,5H2. The van der Waals surface area contributed by atoms with Crippen molar-refractivity contribution in [3.63, 3.8) is 0 Å². The van der Waals surface area contributed by atoms with E-state index in [9.17, 15) is 44.7 Å². The average Bonchev–Trinajstić information content (AvgIpc) is 2.85. The monoisotopic (exact) mass is 552 g/mol. The van der Waals surface area contributed by atoms with Gasteiger partial charge in [0.05, 0.1) is 11.1 Å². The van der Waals surface area contributed by atoms with Crippen LogP contribution >= 0.6 is 0 Å². The minimum atomic E-state index is -1.77. The smallest absolute Gasteiger partial charge is 0.346 e. The van der Waals surface area contributed by atoms with Crippen molar-refractivity contribution in [3.05, 3.63) is 129 Å². The molecule has 0 aliphatic heterocycles. The van der Waals surface area contributed by atoms with Gasteiger partial charge in [-0.1, -0.05) is 12.1 Å². The van der Waals surface area contributed by atoms with Crippen molar-refractivity contribution in [1.29, 1.82) is 0 Å². The molecule has 0 aromatic heterocycles. The second-order valence-electron chi connectivity index (χ2n) is 7.99. The van der Waals surface area contributed by atoms with Crippen molar-refractivity contribution in [3.8, 4) is 11.5 Å². The third-order valence-electron chi connectivity index (χ3n) is 5.25. The van der Waals surface area contributed by atoms with Crippen LogP contribution in [-0.2, 0) is 6.42 Å². The fourth-order valence-electron chi connectivity index (χ4n) is 3.41. The fourth-order valence-corrected chi connectivity index (χ4v) is 3.41. The Labute approximate surface area is 214 Å². The van der Waals surface area contributed by atoms with E-state index >= 15 is 0 Å². The zero-order valence-electron chi connectivity index (χ0n) is 19.1. The van der Waals surface area contributed by atoms with Crippen LogP contribution in [0.1, 0.15) is 31.8 Å². The minimum absolute atomic E-state index is 0.0821. The van der Waals surface area contributed by atoms with Crippen LogP contribution in [0.15, 0.2) is 60.7 Å². The molecule has 12 heteroatoms. The van der Waals surface area contributed by atoms with Gasteiger partial charge in [0.25, 0.3) is 0 Å². The zero-order valence-corrected chi connectivity index (χ0v) is 19.1. The summed E-state index contributed by atoms with van der Waals surface area (Å²) in [6.07, 6.45) is -0.0821. The predicted molar refractivity (Wildman–Crippen MR) is 118 cm³/mol. The molecule has 4 rings (SSSR count). The van der Waals surface area contributed by atoms with Crippen molar-refractivity contribution < 1.29 is 54.2 Å². The molecule has 39 heavy (non-hydrogen) atoms. The molecule has 4 nitrogen and oxygen atoms in total. The lowest BCUT2D eigenvalue weighted by molar-refractivity contribution is 0.0718.